The Kier molecular flexibility index (Phi) is 6.48. The fourth-order valence-electron chi connectivity index (χ4n) is 1.71. The minimum absolute atomic E-state index is 0.207. The van der Waals surface area contributed by atoms with E-state index in [1.165, 1.54) is 7.11 Å². The van der Waals surface area contributed by atoms with Crippen LogP contribution in [0.3, 0.4) is 0 Å². The van der Waals surface area contributed by atoms with Crippen LogP contribution in [-0.2, 0) is 23.9 Å². The normalized spacial score (nSPS) is 17.3. The van der Waals surface area contributed by atoms with Crippen LogP contribution < -0.4 is 5.32 Å². The SMILES string of the molecule is COCC(=O)C(OCC=O)C(=O)N1CCNCC1. The minimum atomic E-state index is -1.24. The number of amides is 1. The van der Waals surface area contributed by atoms with Gasteiger partial charge >= 0.3 is 0 Å². The van der Waals surface area contributed by atoms with Crippen LogP contribution in [0.1, 0.15) is 0 Å². The summed E-state index contributed by atoms with van der Waals surface area (Å²) in [6.45, 7) is 1.94. The zero-order chi connectivity index (χ0) is 13.4. The first-order valence-corrected chi connectivity index (χ1v) is 5.77. The monoisotopic (exact) mass is 258 g/mol. The van der Waals surface area contributed by atoms with Gasteiger partial charge in [-0.1, -0.05) is 0 Å². The first-order chi connectivity index (χ1) is 8.70. The van der Waals surface area contributed by atoms with E-state index >= 15 is 0 Å². The average Bonchev–Trinajstić information content (AvgIpc) is 2.40. The van der Waals surface area contributed by atoms with Crippen LogP contribution >= 0.6 is 0 Å². The van der Waals surface area contributed by atoms with Gasteiger partial charge < -0.3 is 24.5 Å². The van der Waals surface area contributed by atoms with E-state index in [1.807, 2.05) is 0 Å². The fraction of sp³-hybridized carbons (Fsp3) is 0.727. The van der Waals surface area contributed by atoms with E-state index in [2.05, 4.69) is 5.32 Å². The molecule has 1 amide bonds. The number of Topliss-reactive ketones (excluding diaryl/α,β-unsaturated/α-hetero) is 1. The molecule has 1 heterocycles. The maximum absolute atomic E-state index is 12.1. The molecule has 0 spiro atoms. The molecule has 1 aliphatic heterocycles. The third-order valence-corrected chi connectivity index (χ3v) is 2.56. The Bertz CT molecular complexity index is 302. The molecule has 1 fully saturated rings. The van der Waals surface area contributed by atoms with E-state index in [9.17, 15) is 14.4 Å². The standard InChI is InChI=1S/C11H18N2O5/c1-17-8-9(15)10(18-7-6-14)11(16)13-4-2-12-3-5-13/h6,10,12H,2-5,7-8H2,1H3. The minimum Gasteiger partial charge on any atom is -0.377 e. The van der Waals surface area contributed by atoms with Gasteiger partial charge in [0.2, 0.25) is 0 Å². The van der Waals surface area contributed by atoms with Crippen molar-refractivity contribution >= 4 is 18.0 Å². The summed E-state index contributed by atoms with van der Waals surface area (Å²) in [5, 5.41) is 3.11. The van der Waals surface area contributed by atoms with Gasteiger partial charge in [-0.2, -0.15) is 0 Å². The molecule has 0 bridgehead atoms. The number of nitrogens with zero attached hydrogens (tertiary/aromatic N) is 1. The second-order valence-corrected chi connectivity index (χ2v) is 3.85. The Morgan fingerprint density at radius 2 is 2.06 bits per heavy atom. The average molecular weight is 258 g/mol. The molecule has 1 saturated heterocycles. The molecular weight excluding hydrogens is 240 g/mol. The Labute approximate surface area is 105 Å². The van der Waals surface area contributed by atoms with Gasteiger partial charge in [0.1, 0.15) is 19.5 Å². The van der Waals surface area contributed by atoms with Gasteiger partial charge in [-0.05, 0) is 0 Å². The Morgan fingerprint density at radius 1 is 1.39 bits per heavy atom. The highest BCUT2D eigenvalue weighted by Crippen LogP contribution is 2.03. The zero-order valence-electron chi connectivity index (χ0n) is 10.4. The van der Waals surface area contributed by atoms with Gasteiger partial charge in [0, 0.05) is 33.3 Å². The number of piperazine rings is 1. The van der Waals surface area contributed by atoms with Gasteiger partial charge in [-0.25, -0.2) is 0 Å². The molecule has 1 aliphatic rings. The summed E-state index contributed by atoms with van der Waals surface area (Å²) in [6, 6.07) is 0. The van der Waals surface area contributed by atoms with E-state index in [0.717, 1.165) is 0 Å². The second-order valence-electron chi connectivity index (χ2n) is 3.85. The lowest BCUT2D eigenvalue weighted by molar-refractivity contribution is -0.153. The van der Waals surface area contributed by atoms with Gasteiger partial charge in [0.25, 0.3) is 5.91 Å². The Hall–Kier alpha value is -1.31. The number of hydrogen-bond acceptors (Lipinski definition) is 6. The molecule has 1 N–H and O–H groups in total. The van der Waals surface area contributed by atoms with Crippen LogP contribution in [0.2, 0.25) is 0 Å². The number of rotatable bonds is 7. The van der Waals surface area contributed by atoms with Crippen LogP contribution in [0.15, 0.2) is 0 Å². The van der Waals surface area contributed by atoms with Gasteiger partial charge in [-0.3, -0.25) is 9.59 Å². The predicted octanol–water partition coefficient (Wildman–Crippen LogP) is -1.78. The number of nitrogens with one attached hydrogen (secondary N) is 1. The summed E-state index contributed by atoms with van der Waals surface area (Å²) in [5.74, 6) is -0.872. The second kappa shape index (κ2) is 7.91. The summed E-state index contributed by atoms with van der Waals surface area (Å²) < 4.78 is 9.71. The van der Waals surface area contributed by atoms with Gasteiger partial charge in [-0.15, -0.1) is 0 Å². The number of ether oxygens (including phenoxy) is 2. The maximum Gasteiger partial charge on any atom is 0.259 e. The topological polar surface area (TPSA) is 84.9 Å². The van der Waals surface area contributed by atoms with E-state index in [0.29, 0.717) is 32.5 Å². The van der Waals surface area contributed by atoms with Crippen molar-refractivity contribution in [1.29, 1.82) is 0 Å². The number of carbonyl (C=O) groups excluding carboxylic acids is 3. The van der Waals surface area contributed by atoms with Crippen molar-refractivity contribution in [3.63, 3.8) is 0 Å². The van der Waals surface area contributed by atoms with Crippen LogP contribution in [0.25, 0.3) is 0 Å². The summed E-state index contributed by atoms with van der Waals surface area (Å²) in [6.07, 6.45) is -0.730. The van der Waals surface area contributed by atoms with E-state index < -0.39 is 17.8 Å². The van der Waals surface area contributed by atoms with Crippen molar-refractivity contribution in [2.75, 3.05) is 46.5 Å². The molecule has 7 heteroatoms. The lowest BCUT2D eigenvalue weighted by Gasteiger charge is -2.30. The predicted molar refractivity (Wildman–Crippen MR) is 62.1 cm³/mol. The third-order valence-electron chi connectivity index (χ3n) is 2.56. The van der Waals surface area contributed by atoms with Gasteiger partial charge in [0.15, 0.2) is 11.9 Å². The van der Waals surface area contributed by atoms with Crippen molar-refractivity contribution in [2.24, 2.45) is 0 Å². The molecule has 0 radical (unpaired) electrons. The summed E-state index contributed by atoms with van der Waals surface area (Å²) in [7, 11) is 1.37. The molecule has 102 valence electrons. The summed E-state index contributed by atoms with van der Waals surface area (Å²) in [4.78, 5) is 35.6. The first kappa shape index (κ1) is 14.7. The number of aldehydes is 1. The lowest BCUT2D eigenvalue weighted by atomic mass is 10.2. The van der Waals surface area contributed by atoms with Crippen LogP contribution in [0.4, 0.5) is 0 Å². The molecule has 7 nitrogen and oxygen atoms in total. The molecule has 0 aliphatic carbocycles. The Balaban J connectivity index is 2.64. The van der Waals surface area contributed by atoms with E-state index in [1.54, 1.807) is 4.90 Å². The van der Waals surface area contributed by atoms with E-state index in [4.69, 9.17) is 9.47 Å². The first-order valence-electron chi connectivity index (χ1n) is 5.77. The van der Waals surface area contributed by atoms with Crippen molar-refractivity contribution in [3.05, 3.63) is 0 Å². The van der Waals surface area contributed by atoms with Crippen molar-refractivity contribution in [3.8, 4) is 0 Å². The van der Waals surface area contributed by atoms with Crippen molar-refractivity contribution in [2.45, 2.75) is 6.10 Å². The zero-order valence-corrected chi connectivity index (χ0v) is 10.4. The molecule has 1 unspecified atom stereocenters. The molecule has 1 atom stereocenters. The van der Waals surface area contributed by atoms with Crippen LogP contribution in [0, 0.1) is 0 Å². The van der Waals surface area contributed by atoms with E-state index in [-0.39, 0.29) is 13.2 Å². The number of ketones is 1. The molecular formula is C11H18N2O5. The number of carbonyl (C=O) groups is 3. The maximum atomic E-state index is 12.1. The largest absolute Gasteiger partial charge is 0.377 e. The lowest BCUT2D eigenvalue weighted by Crippen LogP contribution is -2.52. The molecule has 0 aromatic heterocycles. The number of hydrogen-bond donors (Lipinski definition) is 1. The number of methoxy groups -OCH3 is 1. The van der Waals surface area contributed by atoms with Crippen LogP contribution in [-0.4, -0.2) is 75.5 Å². The van der Waals surface area contributed by atoms with Crippen LogP contribution in [0.5, 0.6) is 0 Å². The van der Waals surface area contributed by atoms with Gasteiger partial charge in [0.05, 0.1) is 0 Å². The third kappa shape index (κ3) is 4.17. The molecule has 18 heavy (non-hydrogen) atoms. The quantitative estimate of drug-likeness (QED) is 0.429. The molecule has 0 aromatic rings. The van der Waals surface area contributed by atoms with Crippen molar-refractivity contribution < 1.29 is 23.9 Å². The smallest absolute Gasteiger partial charge is 0.259 e. The fourth-order valence-corrected chi connectivity index (χ4v) is 1.71. The Morgan fingerprint density at radius 3 is 2.61 bits per heavy atom. The summed E-state index contributed by atoms with van der Waals surface area (Å²) in [5.41, 5.74) is 0. The molecule has 1 rings (SSSR count). The molecule has 0 aromatic carbocycles. The summed E-state index contributed by atoms with van der Waals surface area (Å²) >= 11 is 0. The van der Waals surface area contributed by atoms with Crippen molar-refractivity contribution in [1.82, 2.24) is 10.2 Å². The highest BCUT2D eigenvalue weighted by Gasteiger charge is 2.31. The molecule has 0 saturated carbocycles. The highest BCUT2D eigenvalue weighted by atomic mass is 16.5. The highest BCUT2D eigenvalue weighted by molar-refractivity contribution is 6.05.